The lowest BCUT2D eigenvalue weighted by Crippen LogP contribution is -2.46. The number of nitro benzene ring substituents is 1. The number of β-amino-alcohol motifs (C(OH)–C–C–N with tert-alkyl or cyclic N) is 1. The lowest BCUT2D eigenvalue weighted by Gasteiger charge is -2.38. The lowest BCUT2D eigenvalue weighted by atomic mass is 9.95. The first-order valence-electron chi connectivity index (χ1n) is 5.80. The Morgan fingerprint density at radius 1 is 1.56 bits per heavy atom. The number of hydrogen-bond donors (Lipinski definition) is 1. The summed E-state index contributed by atoms with van der Waals surface area (Å²) in [6, 6.07) is 5.09. The van der Waals surface area contributed by atoms with E-state index in [0.717, 1.165) is 25.1 Å². The minimum atomic E-state index is -0.675. The number of nitrogens with zero attached hydrogens (tertiary/aromatic N) is 2. The van der Waals surface area contributed by atoms with Gasteiger partial charge in [-0.3, -0.25) is 10.1 Å². The van der Waals surface area contributed by atoms with E-state index in [1.807, 2.05) is 29.5 Å². The monoisotopic (exact) mass is 362 g/mol. The number of aliphatic hydroxyl groups is 1. The SMILES string of the molecule is CC1(O)CCCN(c2ccc([N+](=O)[O-])c(I)c2)C1. The molecule has 0 saturated carbocycles. The summed E-state index contributed by atoms with van der Waals surface area (Å²) in [5, 5.41) is 20.8. The van der Waals surface area contributed by atoms with Crippen molar-refractivity contribution in [2.75, 3.05) is 18.0 Å². The second-order valence-electron chi connectivity index (χ2n) is 4.91. The maximum absolute atomic E-state index is 10.8. The fourth-order valence-electron chi connectivity index (χ4n) is 2.28. The standard InChI is InChI=1S/C12H15IN2O3/c1-12(16)5-2-6-14(8-12)9-3-4-11(15(17)18)10(13)7-9/h3-4,7,16H,2,5-6,8H2,1H3. The van der Waals surface area contributed by atoms with Crippen molar-refractivity contribution < 1.29 is 10.0 Å². The van der Waals surface area contributed by atoms with E-state index in [4.69, 9.17) is 0 Å². The highest BCUT2D eigenvalue weighted by Crippen LogP contribution is 2.30. The molecule has 1 aliphatic heterocycles. The van der Waals surface area contributed by atoms with Crippen molar-refractivity contribution in [1.82, 2.24) is 0 Å². The molecule has 1 aliphatic rings. The number of rotatable bonds is 2. The number of hydrogen-bond acceptors (Lipinski definition) is 4. The van der Waals surface area contributed by atoms with Gasteiger partial charge in [-0.15, -0.1) is 0 Å². The molecule has 1 fully saturated rings. The topological polar surface area (TPSA) is 66.6 Å². The van der Waals surface area contributed by atoms with E-state index in [1.165, 1.54) is 6.07 Å². The number of benzene rings is 1. The van der Waals surface area contributed by atoms with Gasteiger partial charge in [-0.1, -0.05) is 0 Å². The van der Waals surface area contributed by atoms with Gasteiger partial charge < -0.3 is 10.0 Å². The first kappa shape index (κ1) is 13.5. The molecule has 1 unspecified atom stereocenters. The minimum absolute atomic E-state index is 0.128. The molecule has 0 bridgehead atoms. The molecular weight excluding hydrogens is 347 g/mol. The predicted molar refractivity (Wildman–Crippen MR) is 77.9 cm³/mol. The smallest absolute Gasteiger partial charge is 0.282 e. The van der Waals surface area contributed by atoms with E-state index in [-0.39, 0.29) is 10.6 Å². The molecule has 1 saturated heterocycles. The molecule has 1 N–H and O–H groups in total. The third-order valence-corrected chi connectivity index (χ3v) is 4.03. The normalized spacial score (nSPS) is 24.1. The van der Waals surface area contributed by atoms with Crippen LogP contribution in [0.1, 0.15) is 19.8 Å². The summed E-state index contributed by atoms with van der Waals surface area (Å²) in [7, 11) is 0. The Morgan fingerprint density at radius 3 is 2.83 bits per heavy atom. The first-order chi connectivity index (χ1) is 8.39. The fraction of sp³-hybridized carbons (Fsp3) is 0.500. The van der Waals surface area contributed by atoms with Crippen LogP contribution < -0.4 is 4.90 Å². The summed E-state index contributed by atoms with van der Waals surface area (Å²) in [6.45, 7) is 3.28. The van der Waals surface area contributed by atoms with Gasteiger partial charge in [0, 0.05) is 24.8 Å². The van der Waals surface area contributed by atoms with Crippen molar-refractivity contribution in [3.8, 4) is 0 Å². The van der Waals surface area contributed by atoms with E-state index < -0.39 is 5.60 Å². The molecule has 0 spiro atoms. The highest BCUT2D eigenvalue weighted by molar-refractivity contribution is 14.1. The Balaban J connectivity index is 2.24. The zero-order valence-corrected chi connectivity index (χ0v) is 12.3. The molecule has 0 radical (unpaired) electrons. The van der Waals surface area contributed by atoms with Crippen LogP contribution in [0.25, 0.3) is 0 Å². The molecule has 1 heterocycles. The third-order valence-electron chi connectivity index (χ3n) is 3.17. The summed E-state index contributed by atoms with van der Waals surface area (Å²) in [6.07, 6.45) is 1.73. The minimum Gasteiger partial charge on any atom is -0.388 e. The van der Waals surface area contributed by atoms with E-state index in [9.17, 15) is 15.2 Å². The van der Waals surface area contributed by atoms with Crippen LogP contribution in [0.2, 0.25) is 0 Å². The Morgan fingerprint density at radius 2 is 2.28 bits per heavy atom. The van der Waals surface area contributed by atoms with E-state index >= 15 is 0 Å². The van der Waals surface area contributed by atoms with Gasteiger partial charge in [-0.2, -0.15) is 0 Å². The molecule has 2 rings (SSSR count). The van der Waals surface area contributed by atoms with Crippen LogP contribution in [0.5, 0.6) is 0 Å². The highest BCUT2D eigenvalue weighted by Gasteiger charge is 2.29. The van der Waals surface area contributed by atoms with Crippen LogP contribution in [-0.4, -0.2) is 28.7 Å². The molecule has 0 aliphatic carbocycles. The summed E-state index contributed by atoms with van der Waals surface area (Å²) >= 11 is 1.98. The van der Waals surface area contributed by atoms with Crippen molar-refractivity contribution in [3.63, 3.8) is 0 Å². The van der Waals surface area contributed by atoms with Crippen LogP contribution in [0.15, 0.2) is 18.2 Å². The molecule has 1 aromatic rings. The Labute approximate surface area is 119 Å². The summed E-state index contributed by atoms with van der Waals surface area (Å²) < 4.78 is 0.625. The van der Waals surface area contributed by atoms with Crippen molar-refractivity contribution in [1.29, 1.82) is 0 Å². The molecule has 98 valence electrons. The Bertz CT molecular complexity index is 476. The maximum atomic E-state index is 10.8. The Kier molecular flexibility index (Phi) is 3.76. The van der Waals surface area contributed by atoms with Gasteiger partial charge in [-0.25, -0.2) is 0 Å². The van der Waals surface area contributed by atoms with Crippen LogP contribution >= 0.6 is 22.6 Å². The lowest BCUT2D eigenvalue weighted by molar-refractivity contribution is -0.385. The Hall–Kier alpha value is -0.890. The molecule has 1 atom stereocenters. The van der Waals surface area contributed by atoms with Gasteiger partial charge in [0.25, 0.3) is 5.69 Å². The van der Waals surface area contributed by atoms with Gasteiger partial charge >= 0.3 is 0 Å². The van der Waals surface area contributed by atoms with Gasteiger partial charge in [0.2, 0.25) is 0 Å². The molecule has 5 nitrogen and oxygen atoms in total. The van der Waals surface area contributed by atoms with Crippen LogP contribution in [0.3, 0.4) is 0 Å². The summed E-state index contributed by atoms with van der Waals surface area (Å²) in [4.78, 5) is 12.5. The third kappa shape index (κ3) is 2.92. The summed E-state index contributed by atoms with van der Waals surface area (Å²) in [5.74, 6) is 0. The first-order valence-corrected chi connectivity index (χ1v) is 6.88. The molecule has 1 aromatic carbocycles. The van der Waals surface area contributed by atoms with Crippen LogP contribution in [-0.2, 0) is 0 Å². The zero-order chi connectivity index (χ0) is 13.3. The predicted octanol–water partition coefficient (Wildman–Crippen LogP) is 2.55. The second-order valence-corrected chi connectivity index (χ2v) is 6.08. The van der Waals surface area contributed by atoms with Crippen molar-refractivity contribution in [2.24, 2.45) is 0 Å². The number of piperidine rings is 1. The van der Waals surface area contributed by atoms with Gasteiger partial charge in [0.1, 0.15) is 0 Å². The molecule has 0 amide bonds. The van der Waals surface area contributed by atoms with Crippen LogP contribution in [0, 0.1) is 13.7 Å². The van der Waals surface area contributed by atoms with Gasteiger partial charge in [0.15, 0.2) is 0 Å². The van der Waals surface area contributed by atoms with Crippen molar-refractivity contribution in [2.45, 2.75) is 25.4 Å². The number of nitro groups is 1. The molecule has 0 aromatic heterocycles. The van der Waals surface area contributed by atoms with E-state index in [0.29, 0.717) is 10.1 Å². The molecule has 6 heteroatoms. The average Bonchev–Trinajstić information content (AvgIpc) is 2.27. The number of halogens is 1. The molecular formula is C12H15IN2O3. The quantitative estimate of drug-likeness (QED) is 0.499. The number of anilines is 1. The summed E-state index contributed by atoms with van der Waals surface area (Å²) in [5.41, 5.74) is 0.388. The van der Waals surface area contributed by atoms with Crippen LogP contribution in [0.4, 0.5) is 11.4 Å². The van der Waals surface area contributed by atoms with Gasteiger partial charge in [-0.05, 0) is 54.5 Å². The fourth-order valence-corrected chi connectivity index (χ4v) is 2.98. The van der Waals surface area contributed by atoms with Crippen molar-refractivity contribution in [3.05, 3.63) is 31.9 Å². The second kappa shape index (κ2) is 5.00. The molecule has 18 heavy (non-hydrogen) atoms. The van der Waals surface area contributed by atoms with E-state index in [2.05, 4.69) is 4.90 Å². The highest BCUT2D eigenvalue weighted by atomic mass is 127. The van der Waals surface area contributed by atoms with Crippen molar-refractivity contribution >= 4 is 34.0 Å². The van der Waals surface area contributed by atoms with Gasteiger partial charge in [0.05, 0.1) is 14.1 Å². The zero-order valence-electron chi connectivity index (χ0n) is 10.1. The largest absolute Gasteiger partial charge is 0.388 e. The maximum Gasteiger partial charge on any atom is 0.282 e. The van der Waals surface area contributed by atoms with E-state index in [1.54, 1.807) is 12.1 Å². The average molecular weight is 362 g/mol.